The predicted octanol–water partition coefficient (Wildman–Crippen LogP) is 1.13. The van der Waals surface area contributed by atoms with Gasteiger partial charge in [0, 0.05) is 12.5 Å². The molecule has 1 aromatic carbocycles. The number of aliphatic hydroxyl groups excluding tert-OH is 1. The van der Waals surface area contributed by atoms with E-state index < -0.39 is 10.0 Å². The topological polar surface area (TPSA) is 118 Å². The van der Waals surface area contributed by atoms with Crippen molar-refractivity contribution >= 4 is 38.4 Å². The number of benzene rings is 1. The molecule has 0 aliphatic heterocycles. The predicted molar refractivity (Wildman–Crippen MR) is 97.6 cm³/mol. The van der Waals surface area contributed by atoms with E-state index in [1.54, 1.807) is 0 Å². The highest BCUT2D eigenvalue weighted by Gasteiger charge is 2.25. The number of aliphatic hydroxyl groups is 1. The van der Waals surface area contributed by atoms with E-state index in [0.717, 1.165) is 16.1 Å². The lowest BCUT2D eigenvalue weighted by Gasteiger charge is -2.23. The minimum atomic E-state index is -3.96. The van der Waals surface area contributed by atoms with Crippen molar-refractivity contribution in [2.75, 3.05) is 23.2 Å². The van der Waals surface area contributed by atoms with Crippen molar-refractivity contribution in [1.82, 2.24) is 9.97 Å². The third kappa shape index (κ3) is 4.87. The molecular weight excluding hydrogens is 378 g/mol. The molecule has 0 aliphatic carbocycles. The molecule has 0 saturated heterocycles. The summed E-state index contributed by atoms with van der Waals surface area (Å²) in [6.07, 6.45) is 3.56. The van der Waals surface area contributed by atoms with E-state index in [9.17, 15) is 23.1 Å². The van der Waals surface area contributed by atoms with Crippen LogP contribution < -0.4 is 4.31 Å². The van der Waals surface area contributed by atoms with Crippen molar-refractivity contribution < 1.29 is 23.1 Å². The summed E-state index contributed by atoms with van der Waals surface area (Å²) in [5.41, 5.74) is 0.658. The van der Waals surface area contributed by atoms with Crippen LogP contribution in [-0.4, -0.2) is 53.3 Å². The Morgan fingerprint density at radius 2 is 1.77 bits per heavy atom. The van der Waals surface area contributed by atoms with Gasteiger partial charge in [-0.3, -0.25) is 13.9 Å². The Morgan fingerprint density at radius 1 is 1.15 bits per heavy atom. The summed E-state index contributed by atoms with van der Waals surface area (Å²) in [7, 11) is -3.96. The van der Waals surface area contributed by atoms with Gasteiger partial charge in [0.15, 0.2) is 10.9 Å². The molecule has 1 aromatic heterocycles. The van der Waals surface area contributed by atoms with Gasteiger partial charge >= 0.3 is 0 Å². The molecule has 138 valence electrons. The maximum Gasteiger partial charge on any atom is 0.267 e. The van der Waals surface area contributed by atoms with Crippen LogP contribution in [-0.2, 0) is 14.8 Å². The van der Waals surface area contributed by atoms with Crippen LogP contribution in [0.5, 0.6) is 0 Å². The number of carbonyl (C=O) groups excluding carboxylic acids is 2. The second-order valence-corrected chi connectivity index (χ2v) is 8.14. The molecule has 2 aromatic rings. The zero-order chi connectivity index (χ0) is 19.2. The smallest absolute Gasteiger partial charge is 0.267 e. The molecule has 0 radical (unpaired) electrons. The number of anilines is 1. The monoisotopic (exact) mass is 395 g/mol. The van der Waals surface area contributed by atoms with Gasteiger partial charge in [0.1, 0.15) is 11.2 Å². The van der Waals surface area contributed by atoms with E-state index in [-0.39, 0.29) is 34.7 Å². The Labute approximate surface area is 155 Å². The molecule has 0 fully saturated rings. The highest BCUT2D eigenvalue weighted by molar-refractivity contribution is 8.14. The Morgan fingerprint density at radius 3 is 2.31 bits per heavy atom. The van der Waals surface area contributed by atoms with Crippen molar-refractivity contribution in [3.05, 3.63) is 48.5 Å². The van der Waals surface area contributed by atoms with Gasteiger partial charge in [0.2, 0.25) is 0 Å². The first-order chi connectivity index (χ1) is 12.4. The molecule has 2 rings (SSSR count). The number of aromatic nitrogens is 2. The minimum absolute atomic E-state index is 0.0225. The van der Waals surface area contributed by atoms with Gasteiger partial charge < -0.3 is 5.11 Å². The van der Waals surface area contributed by atoms with E-state index in [2.05, 4.69) is 9.97 Å². The van der Waals surface area contributed by atoms with E-state index in [4.69, 9.17) is 0 Å². The van der Waals surface area contributed by atoms with E-state index in [0.29, 0.717) is 11.3 Å². The molecule has 0 unspecified atom stereocenters. The second-order valence-electron chi connectivity index (χ2n) is 5.13. The molecule has 0 bridgehead atoms. The van der Waals surface area contributed by atoms with Crippen LogP contribution in [0.15, 0.2) is 47.9 Å². The average Bonchev–Trinajstić information content (AvgIpc) is 2.65. The molecule has 0 saturated carbocycles. The van der Waals surface area contributed by atoms with Gasteiger partial charge in [0.25, 0.3) is 10.0 Å². The fourth-order valence-corrected chi connectivity index (χ4v) is 3.95. The lowest BCUT2D eigenvalue weighted by atomic mass is 10.1. The number of sulfonamides is 1. The van der Waals surface area contributed by atoms with Crippen LogP contribution in [0, 0.1) is 0 Å². The number of Topliss-reactive ketones (excluding diaryl/α,β-unsaturated/α-hetero) is 1. The number of rotatable bonds is 8. The van der Waals surface area contributed by atoms with E-state index in [1.807, 2.05) is 0 Å². The molecule has 1 N–H and O–H groups in total. The van der Waals surface area contributed by atoms with Crippen molar-refractivity contribution in [3.63, 3.8) is 0 Å². The summed E-state index contributed by atoms with van der Waals surface area (Å²) in [6.45, 7) is 0.833. The third-order valence-corrected chi connectivity index (χ3v) is 5.91. The molecular formula is C16H17N3O5S2. The van der Waals surface area contributed by atoms with Crippen LogP contribution in [0.25, 0.3) is 0 Å². The number of hydrogen-bond donors (Lipinski definition) is 1. The van der Waals surface area contributed by atoms with Crippen LogP contribution in [0.1, 0.15) is 17.3 Å². The average molecular weight is 395 g/mol. The highest BCUT2D eigenvalue weighted by atomic mass is 32.2. The van der Waals surface area contributed by atoms with Crippen LogP contribution in [0.4, 0.5) is 5.69 Å². The Balaban J connectivity index is 2.28. The number of ketones is 1. The Kier molecular flexibility index (Phi) is 6.83. The van der Waals surface area contributed by atoms with Gasteiger partial charge in [-0.2, -0.15) is 0 Å². The third-order valence-electron chi connectivity index (χ3n) is 3.31. The van der Waals surface area contributed by atoms with Gasteiger partial charge in [-0.15, -0.1) is 0 Å². The highest BCUT2D eigenvalue weighted by Crippen LogP contribution is 2.23. The van der Waals surface area contributed by atoms with Crippen molar-refractivity contribution in [1.29, 1.82) is 0 Å². The van der Waals surface area contributed by atoms with Crippen LogP contribution in [0.2, 0.25) is 0 Å². The summed E-state index contributed by atoms with van der Waals surface area (Å²) in [5, 5.41) is 9.09. The summed E-state index contributed by atoms with van der Waals surface area (Å²) in [4.78, 5) is 30.3. The molecule has 0 amide bonds. The molecule has 0 aliphatic rings. The van der Waals surface area contributed by atoms with Gasteiger partial charge in [-0.1, -0.05) is 11.8 Å². The summed E-state index contributed by atoms with van der Waals surface area (Å²) in [6, 6.07) is 5.92. The van der Waals surface area contributed by atoms with Gasteiger partial charge in [0.05, 0.1) is 37.0 Å². The minimum Gasteiger partial charge on any atom is -0.394 e. The zero-order valence-corrected chi connectivity index (χ0v) is 15.5. The standard InChI is InChI=1S/C16H17N3O5S2/c1-12(21)25-10-16(22)13-2-4-14(5-3-13)19(6-7-20)26(23,24)15-8-17-11-18-9-15/h2-5,8-9,11,20H,6-7,10H2,1H3. The van der Waals surface area contributed by atoms with Gasteiger partial charge in [-0.25, -0.2) is 18.4 Å². The lowest BCUT2D eigenvalue weighted by molar-refractivity contribution is -0.109. The fraction of sp³-hybridized carbons (Fsp3) is 0.250. The first-order valence-electron chi connectivity index (χ1n) is 7.51. The molecule has 8 nitrogen and oxygen atoms in total. The van der Waals surface area contributed by atoms with Crippen molar-refractivity contribution in [3.8, 4) is 0 Å². The molecule has 1 heterocycles. The second kappa shape index (κ2) is 8.88. The summed E-state index contributed by atoms with van der Waals surface area (Å²) in [5.74, 6) is -0.209. The van der Waals surface area contributed by atoms with E-state index >= 15 is 0 Å². The SMILES string of the molecule is CC(=O)SCC(=O)c1ccc(N(CCO)S(=O)(=O)c2cncnc2)cc1. The zero-order valence-electron chi connectivity index (χ0n) is 13.9. The van der Waals surface area contributed by atoms with Crippen LogP contribution in [0.3, 0.4) is 0 Å². The molecule has 26 heavy (non-hydrogen) atoms. The number of hydrogen-bond acceptors (Lipinski definition) is 8. The first kappa shape index (κ1) is 20.0. The fourth-order valence-electron chi connectivity index (χ4n) is 2.09. The molecule has 10 heteroatoms. The lowest BCUT2D eigenvalue weighted by Crippen LogP contribution is -2.33. The Hall–Kier alpha value is -2.30. The van der Waals surface area contributed by atoms with Crippen molar-refractivity contribution in [2.45, 2.75) is 11.8 Å². The molecule has 0 atom stereocenters. The number of nitrogens with zero attached hydrogens (tertiary/aromatic N) is 3. The first-order valence-corrected chi connectivity index (χ1v) is 9.94. The summed E-state index contributed by atoms with van der Waals surface area (Å²) >= 11 is 0.913. The van der Waals surface area contributed by atoms with Crippen LogP contribution >= 0.6 is 11.8 Å². The number of thioether (sulfide) groups is 1. The molecule has 0 spiro atoms. The quantitative estimate of drug-likeness (QED) is 0.661. The largest absolute Gasteiger partial charge is 0.394 e. The van der Waals surface area contributed by atoms with Gasteiger partial charge in [-0.05, 0) is 24.3 Å². The normalized spacial score (nSPS) is 11.2. The van der Waals surface area contributed by atoms with E-state index in [1.165, 1.54) is 49.9 Å². The summed E-state index contributed by atoms with van der Waals surface area (Å²) < 4.78 is 26.5. The Bertz CT molecular complexity index is 871. The number of carbonyl (C=O) groups is 2. The maximum absolute atomic E-state index is 12.7. The maximum atomic E-state index is 12.7. The van der Waals surface area contributed by atoms with Crippen molar-refractivity contribution in [2.24, 2.45) is 0 Å².